The van der Waals surface area contributed by atoms with Crippen molar-refractivity contribution in [1.82, 2.24) is 9.88 Å². The van der Waals surface area contributed by atoms with Crippen LogP contribution in [0.5, 0.6) is 17.2 Å². The van der Waals surface area contributed by atoms with Gasteiger partial charge in [-0.2, -0.15) is 0 Å². The number of fused-ring (bicyclic) bond motifs is 2. The number of anilines is 1. The van der Waals surface area contributed by atoms with Gasteiger partial charge in [0.25, 0.3) is 5.56 Å². The molecular formula is C22H23N3O5S. The minimum absolute atomic E-state index is 0.113. The van der Waals surface area contributed by atoms with Crippen LogP contribution in [0.3, 0.4) is 0 Å². The van der Waals surface area contributed by atoms with Crippen molar-refractivity contribution in [3.63, 3.8) is 0 Å². The lowest BCUT2D eigenvalue weighted by molar-refractivity contribution is 0.172. The molecule has 0 bridgehead atoms. The molecule has 0 fully saturated rings. The number of benzene rings is 2. The number of methoxy groups -OCH3 is 1. The lowest BCUT2D eigenvalue weighted by Gasteiger charge is -2.25. The molecule has 8 nitrogen and oxygen atoms in total. The highest BCUT2D eigenvalue weighted by atomic mass is 32.1. The van der Waals surface area contributed by atoms with Crippen LogP contribution < -0.4 is 25.1 Å². The highest BCUT2D eigenvalue weighted by Gasteiger charge is 2.17. The highest BCUT2D eigenvalue weighted by Crippen LogP contribution is 2.33. The first kappa shape index (κ1) is 21.0. The number of para-hydroxylation sites is 2. The fraction of sp³-hybridized carbons (Fsp3) is 0.273. The highest BCUT2D eigenvalue weighted by molar-refractivity contribution is 7.80. The molecule has 1 aliphatic rings. The second-order valence-electron chi connectivity index (χ2n) is 6.98. The quantitative estimate of drug-likeness (QED) is 0.502. The predicted octanol–water partition coefficient (Wildman–Crippen LogP) is 2.50. The number of pyridine rings is 1. The van der Waals surface area contributed by atoms with Crippen LogP contribution in [0, 0.1) is 0 Å². The molecule has 3 aromatic rings. The average molecular weight is 442 g/mol. The van der Waals surface area contributed by atoms with Gasteiger partial charge < -0.3 is 34.5 Å². The van der Waals surface area contributed by atoms with E-state index in [9.17, 15) is 9.90 Å². The SMILES string of the molecule is COc1ccccc1NC(=S)N(CCO)Cc1cc2cc3c(cc2[nH]c1=O)OCCO3. The number of ether oxygens (including phenoxy) is 3. The van der Waals surface area contributed by atoms with E-state index in [0.29, 0.717) is 52.3 Å². The van der Waals surface area contributed by atoms with Crippen LogP contribution in [0.15, 0.2) is 47.3 Å². The second-order valence-corrected chi connectivity index (χ2v) is 7.37. The van der Waals surface area contributed by atoms with E-state index >= 15 is 0 Å². The molecule has 9 heteroatoms. The van der Waals surface area contributed by atoms with Crippen molar-refractivity contribution in [3.05, 3.63) is 58.4 Å². The molecule has 1 aromatic heterocycles. The molecule has 162 valence electrons. The lowest BCUT2D eigenvalue weighted by atomic mass is 10.1. The molecule has 0 atom stereocenters. The largest absolute Gasteiger partial charge is 0.495 e. The number of hydrogen-bond acceptors (Lipinski definition) is 6. The first-order valence-corrected chi connectivity index (χ1v) is 10.2. The molecule has 0 aliphatic carbocycles. The van der Waals surface area contributed by atoms with Crippen molar-refractivity contribution >= 4 is 33.9 Å². The molecule has 0 saturated heterocycles. The first-order chi connectivity index (χ1) is 15.1. The molecule has 1 aliphatic heterocycles. The number of aromatic amines is 1. The zero-order chi connectivity index (χ0) is 21.8. The lowest BCUT2D eigenvalue weighted by Crippen LogP contribution is -2.37. The Balaban J connectivity index is 1.60. The molecule has 0 saturated carbocycles. The Hall–Kier alpha value is -3.30. The van der Waals surface area contributed by atoms with E-state index in [2.05, 4.69) is 10.3 Å². The number of hydrogen-bond donors (Lipinski definition) is 3. The molecule has 0 unspecified atom stereocenters. The van der Waals surface area contributed by atoms with E-state index < -0.39 is 0 Å². The Morgan fingerprint density at radius 3 is 2.71 bits per heavy atom. The number of aliphatic hydroxyl groups is 1. The van der Waals surface area contributed by atoms with Crippen molar-refractivity contribution in [2.45, 2.75) is 6.54 Å². The predicted molar refractivity (Wildman–Crippen MR) is 122 cm³/mol. The summed E-state index contributed by atoms with van der Waals surface area (Å²) in [4.78, 5) is 17.4. The summed E-state index contributed by atoms with van der Waals surface area (Å²) in [5.41, 5.74) is 1.66. The number of nitrogens with zero attached hydrogens (tertiary/aromatic N) is 1. The summed E-state index contributed by atoms with van der Waals surface area (Å²) < 4.78 is 16.6. The molecule has 0 spiro atoms. The van der Waals surface area contributed by atoms with Crippen LogP contribution in [0.4, 0.5) is 5.69 Å². The van der Waals surface area contributed by atoms with E-state index in [1.54, 1.807) is 18.1 Å². The van der Waals surface area contributed by atoms with Gasteiger partial charge in [-0.25, -0.2) is 0 Å². The van der Waals surface area contributed by atoms with Crippen LogP contribution in [-0.4, -0.2) is 53.6 Å². The van der Waals surface area contributed by atoms with Gasteiger partial charge >= 0.3 is 0 Å². The molecular weight excluding hydrogens is 418 g/mol. The third-order valence-corrected chi connectivity index (χ3v) is 5.31. The minimum atomic E-state index is -0.229. The van der Waals surface area contributed by atoms with Gasteiger partial charge in [-0.15, -0.1) is 0 Å². The maximum atomic E-state index is 12.7. The second kappa shape index (κ2) is 9.23. The Labute approximate surface area is 184 Å². The van der Waals surface area contributed by atoms with Gasteiger partial charge in [-0.1, -0.05) is 12.1 Å². The maximum absolute atomic E-state index is 12.7. The zero-order valence-corrected chi connectivity index (χ0v) is 17.8. The fourth-order valence-corrected chi connectivity index (χ4v) is 3.69. The van der Waals surface area contributed by atoms with E-state index in [1.165, 1.54) is 0 Å². The molecule has 0 amide bonds. The fourth-order valence-electron chi connectivity index (χ4n) is 3.43. The van der Waals surface area contributed by atoms with Gasteiger partial charge in [-0.05, 0) is 36.5 Å². The van der Waals surface area contributed by atoms with Gasteiger partial charge in [0, 0.05) is 23.6 Å². The summed E-state index contributed by atoms with van der Waals surface area (Å²) in [7, 11) is 1.58. The average Bonchev–Trinajstić information content (AvgIpc) is 2.78. The summed E-state index contributed by atoms with van der Waals surface area (Å²) in [6, 6.07) is 12.8. The minimum Gasteiger partial charge on any atom is -0.495 e. The summed E-state index contributed by atoms with van der Waals surface area (Å²) in [5.74, 6) is 1.91. The van der Waals surface area contributed by atoms with E-state index in [-0.39, 0.29) is 25.3 Å². The van der Waals surface area contributed by atoms with Crippen molar-refractivity contribution in [3.8, 4) is 17.2 Å². The Kier molecular flexibility index (Phi) is 6.24. The van der Waals surface area contributed by atoms with E-state index in [0.717, 1.165) is 5.39 Å². The normalized spacial score (nSPS) is 12.5. The van der Waals surface area contributed by atoms with Gasteiger partial charge in [0.1, 0.15) is 19.0 Å². The van der Waals surface area contributed by atoms with Crippen molar-refractivity contribution < 1.29 is 19.3 Å². The van der Waals surface area contributed by atoms with Crippen LogP contribution in [0.1, 0.15) is 5.56 Å². The number of aliphatic hydroxyl groups excluding tert-OH is 1. The van der Waals surface area contributed by atoms with Gasteiger partial charge in [0.05, 0.1) is 31.5 Å². The summed E-state index contributed by atoms with van der Waals surface area (Å²) in [5, 5.41) is 13.9. The first-order valence-electron chi connectivity index (χ1n) is 9.84. The van der Waals surface area contributed by atoms with Crippen molar-refractivity contribution in [2.24, 2.45) is 0 Å². The third-order valence-electron chi connectivity index (χ3n) is 4.95. The Morgan fingerprint density at radius 1 is 1.23 bits per heavy atom. The Bertz CT molecular complexity index is 1160. The van der Waals surface area contributed by atoms with E-state index in [4.69, 9.17) is 26.4 Å². The Morgan fingerprint density at radius 2 is 1.97 bits per heavy atom. The van der Waals surface area contributed by atoms with Gasteiger partial charge in [-0.3, -0.25) is 4.79 Å². The molecule has 4 rings (SSSR count). The van der Waals surface area contributed by atoms with Crippen molar-refractivity contribution in [2.75, 3.05) is 38.8 Å². The van der Waals surface area contributed by atoms with Crippen LogP contribution in [-0.2, 0) is 6.54 Å². The zero-order valence-electron chi connectivity index (χ0n) is 17.0. The van der Waals surface area contributed by atoms with Crippen molar-refractivity contribution in [1.29, 1.82) is 0 Å². The number of H-pyrrole nitrogens is 1. The topological polar surface area (TPSA) is 96.1 Å². The smallest absolute Gasteiger partial charge is 0.253 e. The van der Waals surface area contributed by atoms with Gasteiger partial charge in [0.2, 0.25) is 0 Å². The standard InChI is InChI=1S/C22H23N3O5S/c1-28-18-5-3-2-4-16(18)24-22(31)25(6-7-26)13-15-10-14-11-19-20(30-9-8-29-19)12-17(14)23-21(15)27/h2-5,10-12,26H,6-9,13H2,1H3,(H,23,27)(H,24,31). The maximum Gasteiger partial charge on any atom is 0.253 e. The van der Waals surface area contributed by atoms with Crippen LogP contribution in [0.25, 0.3) is 10.9 Å². The summed E-state index contributed by atoms with van der Waals surface area (Å²) in [6.45, 7) is 1.34. The molecule has 31 heavy (non-hydrogen) atoms. The molecule has 2 heterocycles. The number of aromatic nitrogens is 1. The molecule has 3 N–H and O–H groups in total. The number of thiocarbonyl (C=S) groups is 1. The van der Waals surface area contributed by atoms with Crippen LogP contribution >= 0.6 is 12.2 Å². The third kappa shape index (κ3) is 4.57. The molecule has 2 aromatic carbocycles. The number of rotatable bonds is 6. The summed E-state index contributed by atoms with van der Waals surface area (Å²) in [6.07, 6.45) is 0. The monoisotopic (exact) mass is 441 g/mol. The number of nitrogens with one attached hydrogen (secondary N) is 2. The van der Waals surface area contributed by atoms with E-state index in [1.807, 2.05) is 36.4 Å². The summed E-state index contributed by atoms with van der Waals surface area (Å²) >= 11 is 5.55. The molecule has 0 radical (unpaired) electrons. The van der Waals surface area contributed by atoms with Gasteiger partial charge in [0.15, 0.2) is 16.6 Å². The van der Waals surface area contributed by atoms with Crippen LogP contribution in [0.2, 0.25) is 0 Å².